The summed E-state index contributed by atoms with van der Waals surface area (Å²) in [5.41, 5.74) is 4.16. The maximum absolute atomic E-state index is 14.1. The van der Waals surface area contributed by atoms with Gasteiger partial charge < -0.3 is 0 Å². The lowest BCUT2D eigenvalue weighted by molar-refractivity contribution is 0.555. The van der Waals surface area contributed by atoms with Gasteiger partial charge in [0.2, 0.25) is 0 Å². The van der Waals surface area contributed by atoms with Gasteiger partial charge in [0.25, 0.3) is 0 Å². The van der Waals surface area contributed by atoms with Crippen LogP contribution in [0.5, 0.6) is 0 Å². The molecule has 18 heavy (non-hydrogen) atoms. The molecule has 0 amide bonds. The maximum atomic E-state index is 14.1. The molecule has 94 valence electrons. The third-order valence-electron chi connectivity index (χ3n) is 2.68. The van der Waals surface area contributed by atoms with Crippen molar-refractivity contribution in [3.8, 4) is 0 Å². The monoisotopic (exact) mass is 420 g/mol. The van der Waals surface area contributed by atoms with Gasteiger partial charge in [-0.15, -0.1) is 0 Å². The summed E-state index contributed by atoms with van der Waals surface area (Å²) in [4.78, 5) is 0. The topological polar surface area (TPSA) is 38.0 Å². The number of hydrazine groups is 1. The molecule has 0 saturated carbocycles. The lowest BCUT2D eigenvalue weighted by Crippen LogP contribution is -2.30. The van der Waals surface area contributed by atoms with E-state index in [4.69, 9.17) is 5.84 Å². The van der Waals surface area contributed by atoms with Crippen LogP contribution in [0.3, 0.4) is 0 Å². The first kappa shape index (κ1) is 13.9. The summed E-state index contributed by atoms with van der Waals surface area (Å²) in [5, 5.41) is 0. The number of nitrogens with two attached hydrogens (primary N) is 1. The third-order valence-corrected chi connectivity index (χ3v) is 4.27. The Balaban J connectivity index is 2.53. The summed E-state index contributed by atoms with van der Waals surface area (Å²) in [7, 11) is 0. The van der Waals surface area contributed by atoms with E-state index in [1.807, 2.05) is 24.3 Å². The van der Waals surface area contributed by atoms with Crippen molar-refractivity contribution < 1.29 is 4.39 Å². The molecule has 1 atom stereocenters. The highest BCUT2D eigenvalue weighted by Crippen LogP contribution is 2.30. The molecule has 0 fully saturated rings. The lowest BCUT2D eigenvalue weighted by atomic mass is 9.99. The Kier molecular flexibility index (Phi) is 4.71. The van der Waals surface area contributed by atoms with Crippen LogP contribution in [0, 0.1) is 9.39 Å². The molecular weight excluding hydrogens is 410 g/mol. The average Bonchev–Trinajstić information content (AvgIpc) is 2.37. The maximum Gasteiger partial charge on any atom is 0.142 e. The summed E-state index contributed by atoms with van der Waals surface area (Å²) in [5.74, 6) is 5.30. The Morgan fingerprint density at radius 2 is 1.78 bits per heavy atom. The molecule has 2 aromatic rings. The Labute approximate surface area is 127 Å². The number of rotatable bonds is 3. The Morgan fingerprint density at radius 1 is 1.11 bits per heavy atom. The molecule has 0 radical (unpaired) electrons. The van der Waals surface area contributed by atoms with Gasteiger partial charge >= 0.3 is 0 Å². The minimum atomic E-state index is -0.365. The molecule has 3 N–H and O–H groups in total. The van der Waals surface area contributed by atoms with Crippen molar-refractivity contribution in [2.45, 2.75) is 6.04 Å². The first-order chi connectivity index (χ1) is 8.65. The van der Waals surface area contributed by atoms with Gasteiger partial charge in [-0.2, -0.15) is 0 Å². The average molecular weight is 421 g/mol. The standard InChI is InChI=1S/C13H11BrFIN2/c14-10-6-3-5-9(12(10)15)13(18-17)8-4-1-2-7-11(8)16/h1-7,13,18H,17H2. The predicted molar refractivity (Wildman–Crippen MR) is 82.4 cm³/mol. The van der Waals surface area contributed by atoms with Gasteiger partial charge in [0.1, 0.15) is 5.82 Å². The molecule has 0 bridgehead atoms. The van der Waals surface area contributed by atoms with Crippen molar-refractivity contribution in [3.63, 3.8) is 0 Å². The van der Waals surface area contributed by atoms with Crippen LogP contribution >= 0.6 is 38.5 Å². The van der Waals surface area contributed by atoms with Gasteiger partial charge in [-0.25, -0.2) is 9.82 Å². The second-order valence-corrected chi connectivity index (χ2v) is 5.78. The summed E-state index contributed by atoms with van der Waals surface area (Å²) in [6, 6.07) is 12.6. The zero-order valence-electron chi connectivity index (χ0n) is 9.33. The minimum Gasteiger partial charge on any atom is -0.271 e. The van der Waals surface area contributed by atoms with Crippen LogP contribution in [-0.4, -0.2) is 0 Å². The molecule has 0 saturated heterocycles. The van der Waals surface area contributed by atoms with Crippen LogP contribution in [0.4, 0.5) is 4.39 Å². The summed E-state index contributed by atoms with van der Waals surface area (Å²) >= 11 is 5.41. The van der Waals surface area contributed by atoms with Crippen molar-refractivity contribution in [1.82, 2.24) is 5.43 Å². The first-order valence-corrected chi connectivity index (χ1v) is 7.16. The summed E-state index contributed by atoms with van der Waals surface area (Å²) in [6.45, 7) is 0. The smallest absolute Gasteiger partial charge is 0.142 e. The van der Waals surface area contributed by atoms with E-state index in [9.17, 15) is 4.39 Å². The van der Waals surface area contributed by atoms with E-state index in [0.717, 1.165) is 9.13 Å². The molecule has 0 heterocycles. The highest BCUT2D eigenvalue weighted by molar-refractivity contribution is 14.1. The summed E-state index contributed by atoms with van der Waals surface area (Å²) in [6.07, 6.45) is 0. The van der Waals surface area contributed by atoms with E-state index < -0.39 is 0 Å². The first-order valence-electron chi connectivity index (χ1n) is 5.29. The zero-order chi connectivity index (χ0) is 13.1. The molecule has 2 rings (SSSR count). The van der Waals surface area contributed by atoms with E-state index >= 15 is 0 Å². The summed E-state index contributed by atoms with van der Waals surface area (Å²) < 4.78 is 15.6. The third kappa shape index (κ3) is 2.74. The second kappa shape index (κ2) is 6.10. The Bertz CT molecular complexity index is 562. The number of halogens is 3. The van der Waals surface area contributed by atoms with Crippen LogP contribution in [0.1, 0.15) is 17.2 Å². The molecule has 5 heteroatoms. The van der Waals surface area contributed by atoms with Crippen molar-refractivity contribution in [2.24, 2.45) is 5.84 Å². The van der Waals surface area contributed by atoms with Crippen LogP contribution in [0.25, 0.3) is 0 Å². The highest BCUT2D eigenvalue weighted by Gasteiger charge is 2.19. The predicted octanol–water partition coefficient (Wildman–Crippen LogP) is 3.75. The van der Waals surface area contributed by atoms with Gasteiger partial charge in [-0.3, -0.25) is 5.84 Å². The number of hydrogen-bond donors (Lipinski definition) is 2. The Morgan fingerprint density at radius 3 is 2.44 bits per heavy atom. The molecule has 0 aromatic heterocycles. The number of nitrogens with one attached hydrogen (secondary N) is 1. The molecule has 1 unspecified atom stereocenters. The largest absolute Gasteiger partial charge is 0.271 e. The minimum absolute atomic E-state index is 0.292. The van der Waals surface area contributed by atoms with Crippen LogP contribution in [0.2, 0.25) is 0 Å². The fourth-order valence-electron chi connectivity index (χ4n) is 1.80. The van der Waals surface area contributed by atoms with Crippen LogP contribution in [-0.2, 0) is 0 Å². The highest BCUT2D eigenvalue weighted by atomic mass is 127. The quantitative estimate of drug-likeness (QED) is 0.451. The molecule has 0 spiro atoms. The molecule has 0 aliphatic rings. The zero-order valence-corrected chi connectivity index (χ0v) is 13.1. The SMILES string of the molecule is NNC(c1ccccc1I)c1cccc(Br)c1F. The van der Waals surface area contributed by atoms with E-state index in [1.54, 1.807) is 18.2 Å². The Hall–Kier alpha value is -0.500. The van der Waals surface area contributed by atoms with Gasteiger partial charge in [-0.1, -0.05) is 30.3 Å². The van der Waals surface area contributed by atoms with Crippen molar-refractivity contribution >= 4 is 38.5 Å². The fraction of sp³-hybridized carbons (Fsp3) is 0.0769. The van der Waals surface area contributed by atoms with Gasteiger partial charge in [0.15, 0.2) is 0 Å². The second-order valence-electron chi connectivity index (χ2n) is 3.76. The van der Waals surface area contributed by atoms with Crippen LogP contribution < -0.4 is 11.3 Å². The van der Waals surface area contributed by atoms with E-state index in [-0.39, 0.29) is 11.9 Å². The van der Waals surface area contributed by atoms with E-state index in [0.29, 0.717) is 10.0 Å². The van der Waals surface area contributed by atoms with Gasteiger partial charge in [0, 0.05) is 9.13 Å². The normalized spacial score (nSPS) is 12.4. The number of benzene rings is 2. The van der Waals surface area contributed by atoms with E-state index in [2.05, 4.69) is 43.9 Å². The lowest BCUT2D eigenvalue weighted by Gasteiger charge is -2.19. The van der Waals surface area contributed by atoms with Gasteiger partial charge in [-0.05, 0) is 56.2 Å². The molecule has 2 aromatic carbocycles. The molecule has 0 aliphatic carbocycles. The van der Waals surface area contributed by atoms with Crippen molar-refractivity contribution in [2.75, 3.05) is 0 Å². The van der Waals surface area contributed by atoms with Crippen LogP contribution in [0.15, 0.2) is 46.9 Å². The van der Waals surface area contributed by atoms with E-state index in [1.165, 1.54) is 0 Å². The van der Waals surface area contributed by atoms with Gasteiger partial charge in [0.05, 0.1) is 10.5 Å². The molecular formula is C13H11BrFIN2. The fourth-order valence-corrected chi connectivity index (χ4v) is 2.88. The van der Waals surface area contributed by atoms with Crippen molar-refractivity contribution in [3.05, 3.63) is 67.5 Å². The molecule has 2 nitrogen and oxygen atoms in total. The number of hydrogen-bond acceptors (Lipinski definition) is 2. The van der Waals surface area contributed by atoms with Crippen molar-refractivity contribution in [1.29, 1.82) is 0 Å². The molecule has 0 aliphatic heterocycles.